The van der Waals surface area contributed by atoms with Crippen LogP contribution in [0.4, 0.5) is 10.5 Å². The molecule has 0 radical (unpaired) electrons. The Labute approximate surface area is 134 Å². The first kappa shape index (κ1) is 15.2. The molecule has 0 saturated carbocycles. The predicted molar refractivity (Wildman–Crippen MR) is 85.9 cm³/mol. The molecule has 0 saturated heterocycles. The number of hydrogen-bond donors (Lipinski definition) is 2. The van der Waals surface area contributed by atoms with Crippen molar-refractivity contribution in [3.05, 3.63) is 36.7 Å². The van der Waals surface area contributed by atoms with Gasteiger partial charge in [-0.2, -0.15) is 5.10 Å². The Morgan fingerprint density at radius 2 is 2.17 bits per heavy atom. The molecule has 1 unspecified atom stereocenters. The number of nitrogens with one attached hydrogen (secondary N) is 2. The summed E-state index contributed by atoms with van der Waals surface area (Å²) in [7, 11) is 0. The fraction of sp³-hybridized carbons (Fsp3) is 0.375. The van der Waals surface area contributed by atoms with Crippen LogP contribution in [0.25, 0.3) is 0 Å². The molecule has 1 atom stereocenters. The van der Waals surface area contributed by atoms with E-state index in [9.17, 15) is 4.79 Å². The Hall–Kier alpha value is -2.70. The summed E-state index contributed by atoms with van der Waals surface area (Å²) in [5.41, 5.74) is 0.639. The van der Waals surface area contributed by atoms with Gasteiger partial charge in [0.25, 0.3) is 0 Å². The first-order chi connectivity index (χ1) is 11.1. The second-order valence-electron chi connectivity index (χ2n) is 5.70. The topological polar surface area (TPSA) is 77.4 Å². The van der Waals surface area contributed by atoms with Gasteiger partial charge in [0.1, 0.15) is 6.61 Å². The molecule has 2 amide bonds. The summed E-state index contributed by atoms with van der Waals surface area (Å²) in [5, 5.41) is 9.74. The lowest BCUT2D eigenvalue weighted by Gasteiger charge is -2.26. The number of aromatic nitrogens is 2. The fourth-order valence-electron chi connectivity index (χ4n) is 2.32. The molecule has 2 aromatic rings. The molecular weight excluding hydrogens is 296 g/mol. The first-order valence-electron chi connectivity index (χ1n) is 7.58. The number of hydrogen-bond acceptors (Lipinski definition) is 4. The number of rotatable bonds is 4. The third kappa shape index (κ3) is 3.94. The van der Waals surface area contributed by atoms with Gasteiger partial charge in [-0.15, -0.1) is 0 Å². The van der Waals surface area contributed by atoms with E-state index in [-0.39, 0.29) is 18.2 Å². The van der Waals surface area contributed by atoms with Gasteiger partial charge >= 0.3 is 6.03 Å². The lowest BCUT2D eigenvalue weighted by atomic mass is 10.2. The Kier molecular flexibility index (Phi) is 4.36. The van der Waals surface area contributed by atoms with E-state index in [1.165, 1.54) is 0 Å². The van der Waals surface area contributed by atoms with Crippen molar-refractivity contribution in [2.45, 2.75) is 32.5 Å². The standard InChI is InChI=1S/C16H20N4O3/c1-11(2)18-16(21)19-12-7-17-20(8-12)9-13-10-22-14-5-3-4-6-15(14)23-13/h3-8,11,13H,9-10H2,1-2H3,(H2,18,19,21). The number of benzene rings is 1. The molecule has 1 aliphatic heterocycles. The average Bonchev–Trinajstić information content (AvgIpc) is 2.93. The molecule has 7 nitrogen and oxygen atoms in total. The minimum atomic E-state index is -0.245. The molecule has 122 valence electrons. The smallest absolute Gasteiger partial charge is 0.319 e. The first-order valence-corrected chi connectivity index (χ1v) is 7.58. The summed E-state index contributed by atoms with van der Waals surface area (Å²) in [5.74, 6) is 1.50. The van der Waals surface area contributed by atoms with Crippen molar-refractivity contribution in [2.24, 2.45) is 0 Å². The van der Waals surface area contributed by atoms with Crippen LogP contribution in [-0.2, 0) is 6.54 Å². The lowest BCUT2D eigenvalue weighted by molar-refractivity contribution is 0.0759. The van der Waals surface area contributed by atoms with E-state index in [4.69, 9.17) is 9.47 Å². The zero-order chi connectivity index (χ0) is 16.2. The van der Waals surface area contributed by atoms with Crippen LogP contribution < -0.4 is 20.1 Å². The molecule has 7 heteroatoms. The van der Waals surface area contributed by atoms with Crippen LogP contribution in [0.5, 0.6) is 11.5 Å². The summed E-state index contributed by atoms with van der Waals surface area (Å²) in [4.78, 5) is 11.7. The molecule has 23 heavy (non-hydrogen) atoms. The summed E-state index contributed by atoms with van der Waals surface area (Å²) < 4.78 is 13.3. The molecule has 1 aromatic carbocycles. The molecule has 0 aliphatic carbocycles. The normalized spacial score (nSPS) is 16.2. The minimum absolute atomic E-state index is 0.0814. The number of carbonyl (C=O) groups excluding carboxylic acids is 1. The lowest BCUT2D eigenvalue weighted by Crippen LogP contribution is -2.34. The molecule has 0 spiro atoms. The van der Waals surface area contributed by atoms with Crippen molar-refractivity contribution in [1.82, 2.24) is 15.1 Å². The summed E-state index contributed by atoms with van der Waals surface area (Å²) in [6.07, 6.45) is 3.25. The highest BCUT2D eigenvalue weighted by atomic mass is 16.6. The average molecular weight is 316 g/mol. The molecule has 2 heterocycles. The molecule has 2 N–H and O–H groups in total. The highest BCUT2D eigenvalue weighted by molar-refractivity contribution is 5.89. The van der Waals surface area contributed by atoms with Gasteiger partial charge in [-0.1, -0.05) is 12.1 Å². The van der Waals surface area contributed by atoms with Crippen molar-refractivity contribution < 1.29 is 14.3 Å². The van der Waals surface area contributed by atoms with Crippen molar-refractivity contribution in [3.8, 4) is 11.5 Å². The Morgan fingerprint density at radius 3 is 2.96 bits per heavy atom. The third-order valence-electron chi connectivity index (χ3n) is 3.27. The Bertz CT molecular complexity index is 683. The zero-order valence-corrected chi connectivity index (χ0v) is 13.2. The number of anilines is 1. The van der Waals surface area contributed by atoms with E-state index < -0.39 is 0 Å². The summed E-state index contributed by atoms with van der Waals surface area (Å²) in [6.45, 7) is 4.82. The van der Waals surface area contributed by atoms with Crippen molar-refractivity contribution in [3.63, 3.8) is 0 Å². The van der Waals surface area contributed by atoms with E-state index in [0.29, 0.717) is 18.8 Å². The van der Waals surface area contributed by atoms with Crippen LogP contribution in [0.2, 0.25) is 0 Å². The van der Waals surface area contributed by atoms with Crippen molar-refractivity contribution in [2.75, 3.05) is 11.9 Å². The van der Waals surface area contributed by atoms with E-state index in [0.717, 1.165) is 11.5 Å². The fourth-order valence-corrected chi connectivity index (χ4v) is 2.32. The third-order valence-corrected chi connectivity index (χ3v) is 3.27. The number of ether oxygens (including phenoxy) is 2. The maximum Gasteiger partial charge on any atom is 0.319 e. The van der Waals surface area contributed by atoms with Gasteiger partial charge in [0.15, 0.2) is 17.6 Å². The van der Waals surface area contributed by atoms with Gasteiger partial charge in [0.05, 0.1) is 18.4 Å². The quantitative estimate of drug-likeness (QED) is 0.907. The number of urea groups is 1. The maximum absolute atomic E-state index is 11.7. The zero-order valence-electron chi connectivity index (χ0n) is 13.2. The molecule has 0 bridgehead atoms. The Balaban J connectivity index is 1.56. The molecule has 1 aliphatic rings. The maximum atomic E-state index is 11.7. The second-order valence-corrected chi connectivity index (χ2v) is 5.70. The van der Waals surface area contributed by atoms with Crippen LogP contribution >= 0.6 is 0 Å². The SMILES string of the molecule is CC(C)NC(=O)Nc1cnn(CC2COc3ccccc3O2)c1. The van der Waals surface area contributed by atoms with E-state index >= 15 is 0 Å². The molecule has 3 rings (SSSR count). The summed E-state index contributed by atoms with van der Waals surface area (Å²) in [6, 6.07) is 7.43. The highest BCUT2D eigenvalue weighted by Gasteiger charge is 2.21. The van der Waals surface area contributed by atoms with Gasteiger partial charge in [-0.05, 0) is 26.0 Å². The van der Waals surface area contributed by atoms with Crippen molar-refractivity contribution in [1.29, 1.82) is 0 Å². The van der Waals surface area contributed by atoms with Gasteiger partial charge in [0, 0.05) is 12.2 Å². The van der Waals surface area contributed by atoms with Crippen LogP contribution in [0.3, 0.4) is 0 Å². The number of carbonyl (C=O) groups is 1. The molecular formula is C16H20N4O3. The second kappa shape index (κ2) is 6.60. The van der Waals surface area contributed by atoms with Crippen LogP contribution in [0.15, 0.2) is 36.7 Å². The van der Waals surface area contributed by atoms with Gasteiger partial charge in [0.2, 0.25) is 0 Å². The Morgan fingerprint density at radius 1 is 1.39 bits per heavy atom. The van der Waals surface area contributed by atoms with Gasteiger partial charge in [-0.25, -0.2) is 4.79 Å². The van der Waals surface area contributed by atoms with Gasteiger partial charge in [-0.3, -0.25) is 4.68 Å². The van der Waals surface area contributed by atoms with Crippen molar-refractivity contribution >= 4 is 11.7 Å². The van der Waals surface area contributed by atoms with E-state index in [1.807, 2.05) is 38.1 Å². The predicted octanol–water partition coefficient (Wildman–Crippen LogP) is 2.25. The van der Waals surface area contributed by atoms with Crippen LogP contribution in [0, 0.1) is 0 Å². The largest absolute Gasteiger partial charge is 0.486 e. The molecule has 0 fully saturated rings. The van der Waals surface area contributed by atoms with E-state index in [2.05, 4.69) is 15.7 Å². The number of amides is 2. The number of nitrogens with zero attached hydrogens (tertiary/aromatic N) is 2. The monoisotopic (exact) mass is 316 g/mol. The highest BCUT2D eigenvalue weighted by Crippen LogP contribution is 2.31. The number of para-hydroxylation sites is 2. The van der Waals surface area contributed by atoms with Crippen LogP contribution in [0.1, 0.15) is 13.8 Å². The molecule has 1 aromatic heterocycles. The van der Waals surface area contributed by atoms with E-state index in [1.54, 1.807) is 17.1 Å². The van der Waals surface area contributed by atoms with Crippen LogP contribution in [-0.4, -0.2) is 34.6 Å². The van der Waals surface area contributed by atoms with Gasteiger partial charge < -0.3 is 20.1 Å². The number of fused-ring (bicyclic) bond motifs is 1. The summed E-state index contributed by atoms with van der Waals surface area (Å²) >= 11 is 0. The minimum Gasteiger partial charge on any atom is -0.486 e.